The summed E-state index contributed by atoms with van der Waals surface area (Å²) < 4.78 is 5.53. The van der Waals surface area contributed by atoms with Crippen molar-refractivity contribution in [2.24, 2.45) is 5.92 Å². The molecular weight excluding hydrogens is 152 g/mol. The molecule has 2 unspecified atom stereocenters. The van der Waals surface area contributed by atoms with Gasteiger partial charge in [-0.15, -0.1) is 0 Å². The topological polar surface area (TPSA) is 26.3 Å². The summed E-state index contributed by atoms with van der Waals surface area (Å²) >= 11 is 0. The fraction of sp³-hybridized carbons (Fsp3) is 0.900. The average Bonchev–Trinajstić information content (AvgIpc) is 2.03. The molecule has 0 amide bonds. The Morgan fingerprint density at radius 1 is 1.58 bits per heavy atom. The summed E-state index contributed by atoms with van der Waals surface area (Å²) in [4.78, 5) is 10.9. The molecule has 2 heteroatoms. The minimum absolute atomic E-state index is 0.316. The number of Topliss-reactive ketones (excluding diaryl/α,β-unsaturated/α-hetero) is 1. The van der Waals surface area contributed by atoms with Crippen LogP contribution in [0.5, 0.6) is 0 Å². The van der Waals surface area contributed by atoms with Crippen LogP contribution >= 0.6 is 0 Å². The third kappa shape index (κ3) is 2.94. The molecule has 0 N–H and O–H groups in total. The molecule has 0 aromatic rings. The molecule has 1 fully saturated rings. The summed E-state index contributed by atoms with van der Waals surface area (Å²) in [7, 11) is 0. The van der Waals surface area contributed by atoms with Gasteiger partial charge in [-0.1, -0.05) is 6.92 Å². The number of ketones is 1. The standard InChI is InChI=1S/C10H18O2/c1-3-10-7-9(4-5-12-10)6-8(2)11/h9-10H,3-7H2,1-2H3. The lowest BCUT2D eigenvalue weighted by Gasteiger charge is -2.28. The monoisotopic (exact) mass is 170 g/mol. The maximum atomic E-state index is 10.9. The highest BCUT2D eigenvalue weighted by Gasteiger charge is 2.21. The Balaban J connectivity index is 2.30. The van der Waals surface area contributed by atoms with E-state index in [-0.39, 0.29) is 0 Å². The third-order valence-electron chi connectivity index (χ3n) is 2.51. The van der Waals surface area contributed by atoms with E-state index >= 15 is 0 Å². The number of carbonyl (C=O) groups is 1. The molecule has 0 saturated carbocycles. The van der Waals surface area contributed by atoms with E-state index in [1.165, 1.54) is 0 Å². The van der Waals surface area contributed by atoms with Gasteiger partial charge in [0.15, 0.2) is 0 Å². The van der Waals surface area contributed by atoms with Gasteiger partial charge in [-0.2, -0.15) is 0 Å². The highest BCUT2D eigenvalue weighted by Crippen LogP contribution is 2.24. The number of ether oxygens (including phenoxy) is 1. The SMILES string of the molecule is CCC1CC(CC(C)=O)CCO1. The van der Waals surface area contributed by atoms with Crippen molar-refractivity contribution >= 4 is 5.78 Å². The second-order valence-corrected chi connectivity index (χ2v) is 3.70. The lowest BCUT2D eigenvalue weighted by atomic mass is 9.90. The van der Waals surface area contributed by atoms with Crippen molar-refractivity contribution in [2.45, 2.75) is 45.6 Å². The molecule has 2 nitrogen and oxygen atoms in total. The molecule has 0 bridgehead atoms. The molecule has 0 aromatic carbocycles. The highest BCUT2D eigenvalue weighted by molar-refractivity contribution is 5.75. The third-order valence-corrected chi connectivity index (χ3v) is 2.51. The first-order valence-corrected chi connectivity index (χ1v) is 4.83. The number of hydrogen-bond acceptors (Lipinski definition) is 2. The second kappa shape index (κ2) is 4.61. The molecule has 0 aliphatic carbocycles. The predicted octanol–water partition coefficient (Wildman–Crippen LogP) is 2.17. The molecule has 0 radical (unpaired) electrons. The van der Waals surface area contributed by atoms with Gasteiger partial charge in [0, 0.05) is 13.0 Å². The van der Waals surface area contributed by atoms with Gasteiger partial charge < -0.3 is 9.53 Å². The Kier molecular flexibility index (Phi) is 3.73. The van der Waals surface area contributed by atoms with Crippen molar-refractivity contribution < 1.29 is 9.53 Å². The highest BCUT2D eigenvalue weighted by atomic mass is 16.5. The summed E-state index contributed by atoms with van der Waals surface area (Å²) in [5, 5.41) is 0. The largest absolute Gasteiger partial charge is 0.378 e. The summed E-state index contributed by atoms with van der Waals surface area (Å²) in [5.41, 5.74) is 0. The van der Waals surface area contributed by atoms with Crippen LogP contribution in [0.2, 0.25) is 0 Å². The van der Waals surface area contributed by atoms with Crippen molar-refractivity contribution in [3.63, 3.8) is 0 Å². The summed E-state index contributed by atoms with van der Waals surface area (Å²) in [6.45, 7) is 4.66. The first-order chi connectivity index (χ1) is 5.72. The van der Waals surface area contributed by atoms with Crippen LogP contribution in [0, 0.1) is 5.92 Å². The lowest BCUT2D eigenvalue weighted by molar-refractivity contribution is -0.119. The lowest BCUT2D eigenvalue weighted by Crippen LogP contribution is -2.26. The van der Waals surface area contributed by atoms with Gasteiger partial charge in [-0.25, -0.2) is 0 Å². The van der Waals surface area contributed by atoms with Gasteiger partial charge in [0.2, 0.25) is 0 Å². The van der Waals surface area contributed by atoms with Gasteiger partial charge in [0.05, 0.1) is 6.10 Å². The molecule has 1 rings (SSSR count). The van der Waals surface area contributed by atoms with Crippen LogP contribution in [0.4, 0.5) is 0 Å². The molecule has 1 aliphatic heterocycles. The van der Waals surface area contributed by atoms with E-state index in [1.54, 1.807) is 6.92 Å². The fourth-order valence-corrected chi connectivity index (χ4v) is 1.84. The zero-order valence-corrected chi connectivity index (χ0v) is 8.01. The van der Waals surface area contributed by atoms with Gasteiger partial charge in [0.25, 0.3) is 0 Å². The molecule has 1 aliphatic rings. The van der Waals surface area contributed by atoms with Crippen molar-refractivity contribution in [1.82, 2.24) is 0 Å². The summed E-state index contributed by atoms with van der Waals surface area (Å²) in [6.07, 6.45) is 4.38. The minimum Gasteiger partial charge on any atom is -0.378 e. The Bertz CT molecular complexity index is 154. The Hall–Kier alpha value is -0.370. The van der Waals surface area contributed by atoms with Gasteiger partial charge in [-0.05, 0) is 32.1 Å². The summed E-state index contributed by atoms with van der Waals surface area (Å²) in [6, 6.07) is 0. The van der Waals surface area contributed by atoms with Crippen molar-refractivity contribution in [3.05, 3.63) is 0 Å². The zero-order chi connectivity index (χ0) is 8.97. The number of rotatable bonds is 3. The van der Waals surface area contributed by atoms with E-state index in [9.17, 15) is 4.79 Å². The number of hydrogen-bond donors (Lipinski definition) is 0. The average molecular weight is 170 g/mol. The van der Waals surface area contributed by atoms with E-state index in [4.69, 9.17) is 4.74 Å². The Morgan fingerprint density at radius 2 is 2.33 bits per heavy atom. The first kappa shape index (κ1) is 9.72. The predicted molar refractivity (Wildman–Crippen MR) is 48.1 cm³/mol. The van der Waals surface area contributed by atoms with Crippen LogP contribution in [0.3, 0.4) is 0 Å². The van der Waals surface area contributed by atoms with E-state index in [0.29, 0.717) is 17.8 Å². The Morgan fingerprint density at radius 3 is 2.92 bits per heavy atom. The van der Waals surface area contributed by atoms with E-state index < -0.39 is 0 Å². The second-order valence-electron chi connectivity index (χ2n) is 3.70. The number of carbonyl (C=O) groups excluding carboxylic acids is 1. The fourth-order valence-electron chi connectivity index (χ4n) is 1.84. The van der Waals surface area contributed by atoms with Crippen LogP contribution in [0.1, 0.15) is 39.5 Å². The molecule has 1 saturated heterocycles. The van der Waals surface area contributed by atoms with Crippen molar-refractivity contribution in [1.29, 1.82) is 0 Å². The van der Waals surface area contributed by atoms with Gasteiger partial charge in [0.1, 0.15) is 5.78 Å². The molecule has 70 valence electrons. The summed E-state index contributed by atoms with van der Waals surface area (Å²) in [5.74, 6) is 0.901. The van der Waals surface area contributed by atoms with E-state index in [2.05, 4.69) is 6.92 Å². The molecule has 2 atom stereocenters. The van der Waals surface area contributed by atoms with Crippen LogP contribution in [0.15, 0.2) is 0 Å². The Labute approximate surface area is 74.3 Å². The molecule has 12 heavy (non-hydrogen) atoms. The maximum absolute atomic E-state index is 10.9. The molecular formula is C10H18O2. The van der Waals surface area contributed by atoms with Crippen LogP contribution in [-0.2, 0) is 9.53 Å². The van der Waals surface area contributed by atoms with Crippen LogP contribution < -0.4 is 0 Å². The normalized spacial score (nSPS) is 30.2. The zero-order valence-electron chi connectivity index (χ0n) is 8.01. The maximum Gasteiger partial charge on any atom is 0.130 e. The van der Waals surface area contributed by atoms with Crippen LogP contribution in [-0.4, -0.2) is 18.5 Å². The molecule has 0 spiro atoms. The smallest absolute Gasteiger partial charge is 0.130 e. The minimum atomic E-state index is 0.316. The molecule has 1 heterocycles. The van der Waals surface area contributed by atoms with Gasteiger partial charge >= 0.3 is 0 Å². The van der Waals surface area contributed by atoms with Crippen molar-refractivity contribution in [2.75, 3.05) is 6.61 Å². The van der Waals surface area contributed by atoms with Crippen molar-refractivity contribution in [3.8, 4) is 0 Å². The van der Waals surface area contributed by atoms with E-state index in [0.717, 1.165) is 32.3 Å². The molecule has 0 aromatic heterocycles. The van der Waals surface area contributed by atoms with Gasteiger partial charge in [-0.3, -0.25) is 0 Å². The quantitative estimate of drug-likeness (QED) is 0.649. The first-order valence-electron chi connectivity index (χ1n) is 4.83. The van der Waals surface area contributed by atoms with Crippen LogP contribution in [0.25, 0.3) is 0 Å². The van der Waals surface area contributed by atoms with E-state index in [1.807, 2.05) is 0 Å².